The highest BCUT2D eigenvalue weighted by molar-refractivity contribution is 5.98. The summed E-state index contributed by atoms with van der Waals surface area (Å²) in [6.07, 6.45) is 0.475. The molecule has 2 aromatic carbocycles. The third-order valence-corrected chi connectivity index (χ3v) is 2.76. The molecular weight excluding hydrogens is 296 g/mol. The average molecular weight is 311 g/mol. The molecule has 0 bridgehead atoms. The number of urea groups is 1. The van der Waals surface area contributed by atoms with E-state index in [1.54, 1.807) is 30.3 Å². The third-order valence-electron chi connectivity index (χ3n) is 2.76. The maximum atomic E-state index is 11.8. The molecule has 117 valence electrons. The van der Waals surface area contributed by atoms with Crippen LogP contribution in [0.1, 0.15) is 10.4 Å². The van der Waals surface area contributed by atoms with Crippen molar-refractivity contribution >= 4 is 29.6 Å². The zero-order valence-electron chi connectivity index (χ0n) is 12.1. The molecule has 0 saturated heterocycles. The van der Waals surface area contributed by atoms with E-state index < -0.39 is 11.9 Å². The van der Waals surface area contributed by atoms with Gasteiger partial charge < -0.3 is 15.4 Å². The minimum absolute atomic E-state index is 0.317. The quantitative estimate of drug-likeness (QED) is 0.484. The van der Waals surface area contributed by atoms with Crippen LogP contribution in [-0.4, -0.2) is 18.2 Å². The molecule has 0 aliphatic rings. The van der Waals surface area contributed by atoms with Crippen molar-refractivity contribution in [3.05, 3.63) is 66.7 Å². The Hall–Kier alpha value is -3.35. The molecule has 7 heteroatoms. The number of nitrogens with one attached hydrogen (secondary N) is 4. The first-order valence-electron chi connectivity index (χ1n) is 6.75. The van der Waals surface area contributed by atoms with Crippen LogP contribution in [0.2, 0.25) is 0 Å². The fraction of sp³-hybridized carbons (Fsp3) is 0. The zero-order valence-corrected chi connectivity index (χ0v) is 12.1. The van der Waals surface area contributed by atoms with Gasteiger partial charge in [0.05, 0.1) is 5.69 Å². The zero-order chi connectivity index (χ0) is 16.5. The van der Waals surface area contributed by atoms with Crippen molar-refractivity contribution in [1.82, 2.24) is 10.7 Å². The molecule has 2 rings (SSSR count). The number of para-hydroxylation sites is 1. The van der Waals surface area contributed by atoms with Gasteiger partial charge in [-0.05, 0) is 30.3 Å². The first kappa shape index (κ1) is 16.0. The molecule has 1 radical (unpaired) electrons. The molecule has 0 fully saturated rings. The van der Waals surface area contributed by atoms with Crippen LogP contribution in [0.4, 0.5) is 16.2 Å². The largest absolute Gasteiger partial charge is 0.340 e. The van der Waals surface area contributed by atoms with Gasteiger partial charge in [0, 0.05) is 11.3 Å². The van der Waals surface area contributed by atoms with Crippen LogP contribution in [0, 0.1) is 6.54 Å². The van der Waals surface area contributed by atoms with Crippen molar-refractivity contribution in [1.29, 1.82) is 0 Å². The summed E-state index contributed by atoms with van der Waals surface area (Å²) in [5, 5.41) is 4.89. The first-order chi connectivity index (χ1) is 11.2. The van der Waals surface area contributed by atoms with Crippen molar-refractivity contribution in [2.75, 3.05) is 10.7 Å². The van der Waals surface area contributed by atoms with Crippen molar-refractivity contribution in [3.8, 4) is 0 Å². The molecule has 0 aromatic heterocycles. The summed E-state index contributed by atoms with van der Waals surface area (Å²) in [5.41, 5.74) is 6.72. The highest BCUT2D eigenvalue weighted by Gasteiger charge is 2.07. The summed E-state index contributed by atoms with van der Waals surface area (Å²) in [6, 6.07) is 15.0. The molecule has 7 nitrogen and oxygen atoms in total. The lowest BCUT2D eigenvalue weighted by atomic mass is 10.2. The standard InChI is InChI=1S/C16H15N4O3/c21-10-9-17-15(22)12-5-4-8-14(11-12)18-16(23)20-19-13-6-2-1-3-7-13/h1-11,19H,(H,17,22)(H2,18,20,23). The van der Waals surface area contributed by atoms with E-state index >= 15 is 0 Å². The fourth-order valence-corrected chi connectivity index (χ4v) is 1.74. The Morgan fingerprint density at radius 2 is 1.65 bits per heavy atom. The number of carbonyl (C=O) groups excluding carboxylic acids is 3. The molecule has 2 aromatic rings. The molecule has 0 aliphatic carbocycles. The van der Waals surface area contributed by atoms with Gasteiger partial charge in [0.2, 0.25) is 0 Å². The highest BCUT2D eigenvalue weighted by atomic mass is 16.2. The molecule has 0 spiro atoms. The molecule has 0 saturated carbocycles. The van der Waals surface area contributed by atoms with Gasteiger partial charge in [-0.1, -0.05) is 24.3 Å². The summed E-state index contributed by atoms with van der Waals surface area (Å²) in [5.74, 6) is -0.441. The second-order valence-electron chi connectivity index (χ2n) is 4.43. The molecule has 23 heavy (non-hydrogen) atoms. The van der Waals surface area contributed by atoms with Gasteiger partial charge in [0.25, 0.3) is 5.91 Å². The molecule has 4 N–H and O–H groups in total. The molecular formula is C16H15N4O3. The summed E-state index contributed by atoms with van der Waals surface area (Å²) < 4.78 is 0. The van der Waals surface area contributed by atoms with Crippen LogP contribution in [0.15, 0.2) is 54.6 Å². The number of hydrazine groups is 1. The highest BCUT2D eigenvalue weighted by Crippen LogP contribution is 2.10. The summed E-state index contributed by atoms with van der Waals surface area (Å²) in [6.45, 7) is 0.999. The fourth-order valence-electron chi connectivity index (χ4n) is 1.74. The lowest BCUT2D eigenvalue weighted by Crippen LogP contribution is -2.33. The van der Waals surface area contributed by atoms with E-state index in [1.165, 1.54) is 6.07 Å². The average Bonchev–Trinajstić information content (AvgIpc) is 2.59. The minimum atomic E-state index is -0.481. The SMILES string of the molecule is O=C[CH]NC(=O)c1cccc(NC(=O)NNc2ccccc2)c1. The van der Waals surface area contributed by atoms with Crippen LogP contribution in [-0.2, 0) is 4.79 Å². The van der Waals surface area contributed by atoms with Gasteiger partial charge in [-0.2, -0.15) is 0 Å². The molecule has 0 unspecified atom stereocenters. The van der Waals surface area contributed by atoms with Gasteiger partial charge in [-0.3, -0.25) is 15.6 Å². The second kappa shape index (κ2) is 8.18. The van der Waals surface area contributed by atoms with Crippen LogP contribution in [0.25, 0.3) is 0 Å². The Balaban J connectivity index is 1.90. The van der Waals surface area contributed by atoms with E-state index in [2.05, 4.69) is 21.5 Å². The Morgan fingerprint density at radius 3 is 2.39 bits per heavy atom. The van der Waals surface area contributed by atoms with E-state index in [0.29, 0.717) is 17.5 Å². The van der Waals surface area contributed by atoms with E-state index in [4.69, 9.17) is 0 Å². The smallest absolute Gasteiger partial charge is 0.337 e. The Kier molecular flexibility index (Phi) is 5.70. The van der Waals surface area contributed by atoms with Crippen LogP contribution in [0.5, 0.6) is 0 Å². The van der Waals surface area contributed by atoms with Gasteiger partial charge in [-0.25, -0.2) is 4.79 Å². The van der Waals surface area contributed by atoms with Gasteiger partial charge in [-0.15, -0.1) is 0 Å². The van der Waals surface area contributed by atoms with Crippen molar-refractivity contribution < 1.29 is 14.4 Å². The van der Waals surface area contributed by atoms with Gasteiger partial charge in [0.15, 0.2) is 0 Å². The summed E-state index contributed by atoms with van der Waals surface area (Å²) in [4.78, 5) is 33.7. The van der Waals surface area contributed by atoms with Crippen LogP contribution < -0.4 is 21.5 Å². The van der Waals surface area contributed by atoms with Crippen molar-refractivity contribution in [3.63, 3.8) is 0 Å². The van der Waals surface area contributed by atoms with E-state index in [0.717, 1.165) is 12.2 Å². The normalized spacial score (nSPS) is 9.57. The number of benzene rings is 2. The van der Waals surface area contributed by atoms with Gasteiger partial charge >= 0.3 is 6.03 Å². The van der Waals surface area contributed by atoms with Crippen molar-refractivity contribution in [2.24, 2.45) is 0 Å². The third kappa shape index (κ3) is 5.16. The maximum Gasteiger partial charge on any atom is 0.337 e. The molecule has 0 atom stereocenters. The summed E-state index contributed by atoms with van der Waals surface area (Å²) >= 11 is 0. The van der Waals surface area contributed by atoms with E-state index in [9.17, 15) is 14.4 Å². The maximum absolute atomic E-state index is 11.8. The van der Waals surface area contributed by atoms with Crippen molar-refractivity contribution in [2.45, 2.75) is 0 Å². The summed E-state index contributed by atoms with van der Waals surface area (Å²) in [7, 11) is 0. The Bertz CT molecular complexity index is 689. The number of hydrogen-bond donors (Lipinski definition) is 4. The number of aldehydes is 1. The number of amides is 3. The second-order valence-corrected chi connectivity index (χ2v) is 4.43. The Morgan fingerprint density at radius 1 is 0.913 bits per heavy atom. The first-order valence-corrected chi connectivity index (χ1v) is 6.75. The number of carbonyl (C=O) groups is 3. The number of anilines is 2. The topological polar surface area (TPSA) is 99.3 Å². The lowest BCUT2D eigenvalue weighted by molar-refractivity contribution is -0.105. The Labute approximate surface area is 133 Å². The van der Waals surface area contributed by atoms with E-state index in [1.807, 2.05) is 18.2 Å². The number of rotatable bonds is 6. The lowest BCUT2D eigenvalue weighted by Gasteiger charge is -2.10. The van der Waals surface area contributed by atoms with E-state index in [-0.39, 0.29) is 0 Å². The minimum Gasteiger partial charge on any atom is -0.340 e. The number of hydrogen-bond acceptors (Lipinski definition) is 4. The van der Waals surface area contributed by atoms with Crippen LogP contribution >= 0.6 is 0 Å². The monoisotopic (exact) mass is 311 g/mol. The molecule has 0 aliphatic heterocycles. The predicted octanol–water partition coefficient (Wildman–Crippen LogP) is 1.93. The molecule has 3 amide bonds. The van der Waals surface area contributed by atoms with Gasteiger partial charge in [0.1, 0.15) is 12.8 Å². The van der Waals surface area contributed by atoms with Crippen LogP contribution in [0.3, 0.4) is 0 Å². The predicted molar refractivity (Wildman–Crippen MR) is 86.5 cm³/mol. The molecule has 0 heterocycles.